The maximum Gasteiger partial charge on any atom is 0.325 e. The van der Waals surface area contributed by atoms with Crippen molar-refractivity contribution >= 4 is 23.2 Å². The third kappa shape index (κ3) is 2.01. The molecule has 0 aromatic carbocycles. The Morgan fingerprint density at radius 1 is 1.69 bits per heavy atom. The van der Waals surface area contributed by atoms with Crippen LogP contribution in [0.4, 0.5) is 0 Å². The Morgan fingerprint density at radius 2 is 2.50 bits per heavy atom. The molecule has 0 N–H and O–H groups in total. The number of esters is 1. The summed E-state index contributed by atoms with van der Waals surface area (Å²) in [6.45, 7) is 0.762. The highest BCUT2D eigenvalue weighted by Gasteiger charge is 2.26. The number of thiophene rings is 1. The van der Waals surface area contributed by atoms with Gasteiger partial charge in [0.05, 0.1) is 13.7 Å². The molecule has 2 heterocycles. The van der Waals surface area contributed by atoms with Crippen molar-refractivity contribution in [1.82, 2.24) is 4.90 Å². The quantitative estimate of drug-likeness (QED) is 0.717. The molecular weight excluding hydrogens is 230 g/mol. The van der Waals surface area contributed by atoms with E-state index in [2.05, 4.69) is 4.74 Å². The summed E-state index contributed by atoms with van der Waals surface area (Å²) in [6.07, 6.45) is 0. The summed E-state index contributed by atoms with van der Waals surface area (Å²) in [7, 11) is 1.30. The number of hydrogen-bond donors (Lipinski definition) is 0. The summed E-state index contributed by atoms with van der Waals surface area (Å²) >= 11 is 1.32. The fraction of sp³-hybridized carbons (Fsp3) is 0.400. The lowest BCUT2D eigenvalue weighted by atomic mass is 10.3. The molecule has 1 aliphatic rings. The standard InChI is InChI=1S/C10H11NO4S/c1-14-8(12)6-11-3-4-15-7-2-5-16-9(7)10(11)13/h2,5H,3-4,6H2,1H3. The van der Waals surface area contributed by atoms with E-state index in [1.807, 2.05) is 0 Å². The molecule has 0 bridgehead atoms. The predicted octanol–water partition coefficient (Wildman–Crippen LogP) is 0.756. The van der Waals surface area contributed by atoms with Crippen molar-refractivity contribution < 1.29 is 19.1 Å². The van der Waals surface area contributed by atoms with Gasteiger partial charge in [0.15, 0.2) is 0 Å². The topological polar surface area (TPSA) is 55.8 Å². The summed E-state index contributed by atoms with van der Waals surface area (Å²) in [4.78, 5) is 25.1. The Balaban J connectivity index is 2.17. The van der Waals surface area contributed by atoms with Crippen molar-refractivity contribution in [2.75, 3.05) is 26.8 Å². The van der Waals surface area contributed by atoms with Crippen molar-refractivity contribution in [3.63, 3.8) is 0 Å². The van der Waals surface area contributed by atoms with Crippen LogP contribution in [0, 0.1) is 0 Å². The van der Waals surface area contributed by atoms with E-state index in [0.29, 0.717) is 23.8 Å². The largest absolute Gasteiger partial charge is 0.490 e. The van der Waals surface area contributed by atoms with Gasteiger partial charge in [-0.15, -0.1) is 11.3 Å². The zero-order valence-electron chi connectivity index (χ0n) is 8.76. The first-order valence-electron chi connectivity index (χ1n) is 4.78. The Bertz CT molecular complexity index is 415. The fourth-order valence-electron chi connectivity index (χ4n) is 1.45. The molecule has 0 saturated carbocycles. The maximum atomic E-state index is 12.0. The van der Waals surface area contributed by atoms with E-state index in [9.17, 15) is 9.59 Å². The summed E-state index contributed by atoms with van der Waals surface area (Å²) in [6, 6.07) is 1.76. The van der Waals surface area contributed by atoms with Crippen molar-refractivity contribution in [2.24, 2.45) is 0 Å². The molecule has 6 heteroatoms. The fourth-order valence-corrected chi connectivity index (χ4v) is 2.25. The third-order valence-electron chi connectivity index (χ3n) is 2.28. The number of carbonyl (C=O) groups excluding carboxylic acids is 2. The molecule has 0 radical (unpaired) electrons. The molecule has 2 rings (SSSR count). The molecule has 1 aromatic rings. The number of amides is 1. The smallest absolute Gasteiger partial charge is 0.325 e. The van der Waals surface area contributed by atoms with Crippen LogP contribution >= 0.6 is 11.3 Å². The minimum absolute atomic E-state index is 0.0317. The Labute approximate surface area is 96.6 Å². The highest BCUT2D eigenvalue weighted by Crippen LogP contribution is 2.28. The van der Waals surface area contributed by atoms with Gasteiger partial charge in [-0.25, -0.2) is 0 Å². The van der Waals surface area contributed by atoms with Gasteiger partial charge in [-0.3, -0.25) is 9.59 Å². The number of fused-ring (bicyclic) bond motifs is 1. The molecule has 1 aliphatic heterocycles. The van der Waals surface area contributed by atoms with Crippen LogP contribution in [0.5, 0.6) is 5.75 Å². The summed E-state index contributed by atoms with van der Waals surface area (Å²) < 4.78 is 9.94. The van der Waals surface area contributed by atoms with Crippen LogP contribution < -0.4 is 4.74 Å². The van der Waals surface area contributed by atoms with Gasteiger partial charge in [-0.05, 0) is 11.4 Å². The van der Waals surface area contributed by atoms with Crippen LogP contribution in [0.1, 0.15) is 9.67 Å². The monoisotopic (exact) mass is 241 g/mol. The summed E-state index contributed by atoms with van der Waals surface area (Å²) in [5.41, 5.74) is 0. The molecule has 0 saturated heterocycles. The Hall–Kier alpha value is -1.56. The molecule has 0 unspecified atom stereocenters. The van der Waals surface area contributed by atoms with Gasteiger partial charge in [0.2, 0.25) is 0 Å². The van der Waals surface area contributed by atoms with Gasteiger partial charge in [0.25, 0.3) is 5.91 Å². The van der Waals surface area contributed by atoms with Crippen LogP contribution in [-0.2, 0) is 9.53 Å². The minimum atomic E-state index is -0.423. The van der Waals surface area contributed by atoms with Crippen LogP contribution in [0.15, 0.2) is 11.4 Å². The zero-order valence-corrected chi connectivity index (χ0v) is 9.58. The first-order chi connectivity index (χ1) is 7.72. The molecular formula is C10H11NO4S. The first-order valence-corrected chi connectivity index (χ1v) is 5.66. The van der Waals surface area contributed by atoms with E-state index in [4.69, 9.17) is 4.74 Å². The van der Waals surface area contributed by atoms with Crippen LogP contribution in [0.3, 0.4) is 0 Å². The maximum absolute atomic E-state index is 12.0. The Kier molecular flexibility index (Phi) is 3.09. The molecule has 0 aliphatic carbocycles. The van der Waals surface area contributed by atoms with E-state index in [1.165, 1.54) is 23.3 Å². The molecule has 1 amide bonds. The molecule has 0 atom stereocenters. The van der Waals surface area contributed by atoms with E-state index in [1.54, 1.807) is 11.4 Å². The molecule has 16 heavy (non-hydrogen) atoms. The highest BCUT2D eigenvalue weighted by atomic mass is 32.1. The average Bonchev–Trinajstić information content (AvgIpc) is 2.69. The van der Waals surface area contributed by atoms with Crippen molar-refractivity contribution in [2.45, 2.75) is 0 Å². The van der Waals surface area contributed by atoms with Gasteiger partial charge < -0.3 is 14.4 Å². The van der Waals surface area contributed by atoms with Crippen molar-refractivity contribution in [1.29, 1.82) is 0 Å². The summed E-state index contributed by atoms with van der Waals surface area (Å²) in [5, 5.41) is 1.80. The van der Waals surface area contributed by atoms with Gasteiger partial charge >= 0.3 is 5.97 Å². The van der Waals surface area contributed by atoms with Crippen LogP contribution in [0.25, 0.3) is 0 Å². The van der Waals surface area contributed by atoms with Crippen molar-refractivity contribution in [3.05, 3.63) is 16.3 Å². The number of carbonyl (C=O) groups is 2. The normalized spacial score (nSPS) is 15.1. The number of ether oxygens (including phenoxy) is 2. The first kappa shape index (κ1) is 10.9. The van der Waals surface area contributed by atoms with Gasteiger partial charge in [-0.1, -0.05) is 0 Å². The second-order valence-corrected chi connectivity index (χ2v) is 4.18. The van der Waals surface area contributed by atoms with Gasteiger partial charge in [-0.2, -0.15) is 0 Å². The van der Waals surface area contributed by atoms with E-state index < -0.39 is 5.97 Å². The molecule has 1 aromatic heterocycles. The zero-order chi connectivity index (χ0) is 11.5. The number of rotatable bonds is 2. The van der Waals surface area contributed by atoms with E-state index in [0.717, 1.165) is 0 Å². The van der Waals surface area contributed by atoms with Gasteiger partial charge in [0.1, 0.15) is 23.8 Å². The second kappa shape index (κ2) is 4.52. The average molecular weight is 241 g/mol. The summed E-state index contributed by atoms with van der Waals surface area (Å²) in [5.74, 6) is 0.00335. The SMILES string of the molecule is COC(=O)CN1CCOc2ccsc2C1=O. The Morgan fingerprint density at radius 3 is 3.25 bits per heavy atom. The van der Waals surface area contributed by atoms with Gasteiger partial charge in [0, 0.05) is 0 Å². The minimum Gasteiger partial charge on any atom is -0.490 e. The second-order valence-electron chi connectivity index (χ2n) is 3.27. The lowest BCUT2D eigenvalue weighted by molar-refractivity contribution is -0.141. The van der Waals surface area contributed by atoms with E-state index >= 15 is 0 Å². The molecule has 0 spiro atoms. The molecule has 0 fully saturated rings. The van der Waals surface area contributed by atoms with Crippen molar-refractivity contribution in [3.8, 4) is 5.75 Å². The highest BCUT2D eigenvalue weighted by molar-refractivity contribution is 7.12. The van der Waals surface area contributed by atoms with Crippen LogP contribution in [0.2, 0.25) is 0 Å². The van der Waals surface area contributed by atoms with E-state index in [-0.39, 0.29) is 12.5 Å². The number of nitrogens with zero attached hydrogens (tertiary/aromatic N) is 1. The lowest BCUT2D eigenvalue weighted by Crippen LogP contribution is -2.37. The third-order valence-corrected chi connectivity index (χ3v) is 3.16. The number of hydrogen-bond acceptors (Lipinski definition) is 5. The lowest BCUT2D eigenvalue weighted by Gasteiger charge is -2.17. The molecule has 5 nitrogen and oxygen atoms in total. The predicted molar refractivity (Wildman–Crippen MR) is 57.7 cm³/mol. The van der Waals surface area contributed by atoms with Crippen LogP contribution in [-0.4, -0.2) is 43.6 Å². The molecule has 86 valence electrons. The number of methoxy groups -OCH3 is 1.